The summed E-state index contributed by atoms with van der Waals surface area (Å²) in [4.78, 5) is 40.8. The Balaban J connectivity index is 0.00000417. The van der Waals surface area contributed by atoms with Crippen LogP contribution >= 0.6 is 0 Å². The van der Waals surface area contributed by atoms with Crippen molar-refractivity contribution in [1.82, 2.24) is 0 Å². The maximum Gasteiger partial charge on any atom is 2.00 e. The monoisotopic (exact) mass is 734 g/mol. The van der Waals surface area contributed by atoms with E-state index < -0.39 is 0 Å². The van der Waals surface area contributed by atoms with Gasteiger partial charge in [-0.1, -0.05) is 13.8 Å². The molecule has 236 valence electrons. The summed E-state index contributed by atoms with van der Waals surface area (Å²) in [5.41, 5.74) is 8.34. The van der Waals surface area contributed by atoms with Gasteiger partial charge in [-0.15, -0.1) is 0 Å². The number of fused-ring (bicyclic) bond motifs is 6. The second-order valence-corrected chi connectivity index (χ2v) is 12.9. The molecule has 0 saturated carbocycles. The minimum atomic E-state index is -0.257. The molecule has 6 heterocycles. The van der Waals surface area contributed by atoms with Gasteiger partial charge in [0, 0.05) is 0 Å². The molecule has 6 rings (SSSR count). The fourth-order valence-electron chi connectivity index (χ4n) is 6.39. The van der Waals surface area contributed by atoms with E-state index in [1.54, 1.807) is 0 Å². The van der Waals surface area contributed by atoms with Crippen LogP contribution in [-0.2, 0) is 19.5 Å². The molecule has 6 aliphatic heterocycles. The Bertz CT molecular complexity index is 1680. The van der Waals surface area contributed by atoms with Crippen LogP contribution in [0.2, 0.25) is 0 Å². The van der Waals surface area contributed by atoms with Gasteiger partial charge in [-0.05, 0) is 0 Å². The second kappa shape index (κ2) is 15.3. The van der Waals surface area contributed by atoms with Crippen LogP contribution in [-0.4, -0.2) is 62.1 Å². The molecule has 0 aromatic carbocycles. The Morgan fingerprint density at radius 1 is 0.348 bits per heavy atom. The molecule has 12 heteroatoms. The summed E-state index contributed by atoms with van der Waals surface area (Å²) >= 11 is -0.257. The summed E-state index contributed by atoms with van der Waals surface area (Å²) in [6.45, 7) is 13.2. The van der Waals surface area contributed by atoms with Gasteiger partial charge in [-0.3, -0.25) is 0 Å². The van der Waals surface area contributed by atoms with E-state index in [1.807, 2.05) is 0 Å². The number of rotatable bonds is 12. The third kappa shape index (κ3) is 6.45. The van der Waals surface area contributed by atoms with Crippen molar-refractivity contribution in [3.05, 3.63) is 53.5 Å². The van der Waals surface area contributed by atoms with E-state index in [2.05, 4.69) is 41.5 Å². The standard InChI is InChI=1S/C34H42N10Se.Zn/c1-7-13-19-20(14-8-2)28-35-27(19)36-29-21(15-9-3)23(17-11-5)31(38-29)40-33-25-26(44-45-43-25)34(42-33)41-32-24(18-12-6)22(16-10-4)30(37-28)39-32;/h7-18H2,1-6H3;/q-2;+2. The first-order valence-corrected chi connectivity index (χ1v) is 18.3. The maximum atomic E-state index is 5.23. The van der Waals surface area contributed by atoms with Crippen LogP contribution in [0.15, 0.2) is 84.8 Å². The van der Waals surface area contributed by atoms with Crippen LogP contribution in [0.4, 0.5) is 0 Å². The molecular formula is C34H42N10SeZn. The normalized spacial score (nSPS) is 20.0. The van der Waals surface area contributed by atoms with E-state index in [-0.39, 0.29) is 34.9 Å². The molecule has 8 bridgehead atoms. The molecule has 0 radical (unpaired) electrons. The van der Waals surface area contributed by atoms with Crippen LogP contribution < -0.4 is 0 Å². The first-order chi connectivity index (χ1) is 22.0. The van der Waals surface area contributed by atoms with E-state index in [0.29, 0.717) is 46.4 Å². The zero-order valence-electron chi connectivity index (χ0n) is 28.1. The Labute approximate surface area is 292 Å². The molecule has 0 fully saturated rings. The molecule has 0 aromatic heterocycles. The first kappa shape index (κ1) is 34.4. The Hall–Kier alpha value is -2.94. The topological polar surface area (TPSA) is 127 Å². The average Bonchev–Trinajstić information content (AvgIpc) is 3.82. The summed E-state index contributed by atoms with van der Waals surface area (Å²) in [6, 6.07) is 0. The maximum absolute atomic E-state index is 5.23. The minimum Gasteiger partial charge on any atom is 2.00 e. The third-order valence-electron chi connectivity index (χ3n) is 8.32. The number of hydrogen-bond acceptors (Lipinski definition) is 8. The van der Waals surface area contributed by atoms with E-state index in [9.17, 15) is 0 Å². The van der Waals surface area contributed by atoms with Gasteiger partial charge in [0.1, 0.15) is 0 Å². The smallest absolute Gasteiger partial charge is 2.00 e. The predicted molar refractivity (Wildman–Crippen MR) is 190 cm³/mol. The zero-order chi connectivity index (χ0) is 31.5. The summed E-state index contributed by atoms with van der Waals surface area (Å²) in [5.74, 6) is 5.25. The van der Waals surface area contributed by atoms with Gasteiger partial charge in [-0.2, -0.15) is 0 Å². The van der Waals surface area contributed by atoms with Gasteiger partial charge >= 0.3 is 280 Å². The fraction of sp³-hybridized carbons (Fsp3) is 0.529. The molecule has 0 spiro atoms. The number of amidine groups is 8. The van der Waals surface area contributed by atoms with Crippen LogP contribution in [0, 0.1) is 0 Å². The molecule has 0 aliphatic carbocycles. The van der Waals surface area contributed by atoms with Gasteiger partial charge in [0.15, 0.2) is 0 Å². The molecule has 0 N–H and O–H groups in total. The van der Waals surface area contributed by atoms with E-state index in [0.717, 1.165) is 111 Å². The van der Waals surface area contributed by atoms with Gasteiger partial charge in [-0.25, -0.2) is 0 Å². The van der Waals surface area contributed by atoms with Crippen molar-refractivity contribution in [3.8, 4) is 0 Å². The van der Waals surface area contributed by atoms with Gasteiger partial charge in [0.2, 0.25) is 0 Å². The van der Waals surface area contributed by atoms with Crippen LogP contribution in [0.3, 0.4) is 0 Å². The van der Waals surface area contributed by atoms with Crippen molar-refractivity contribution in [2.24, 2.45) is 39.9 Å². The minimum absolute atomic E-state index is 0. The molecule has 0 unspecified atom stereocenters. The quantitative estimate of drug-likeness (QED) is 0.179. The van der Waals surface area contributed by atoms with Gasteiger partial charge in [0.25, 0.3) is 0 Å². The zero-order valence-corrected chi connectivity index (χ0v) is 32.8. The van der Waals surface area contributed by atoms with Crippen molar-refractivity contribution in [3.63, 3.8) is 0 Å². The van der Waals surface area contributed by atoms with Crippen molar-refractivity contribution in [2.75, 3.05) is 0 Å². The summed E-state index contributed by atoms with van der Waals surface area (Å²) in [5, 5.41) is 0. The molecular weight excluding hydrogens is 693 g/mol. The van der Waals surface area contributed by atoms with Crippen molar-refractivity contribution in [2.45, 2.75) is 119 Å². The second-order valence-electron chi connectivity index (χ2n) is 11.8. The summed E-state index contributed by atoms with van der Waals surface area (Å²) in [6.07, 6.45) is 11.1. The van der Waals surface area contributed by atoms with Crippen molar-refractivity contribution >= 4 is 62.1 Å². The molecule has 0 aromatic rings. The molecule has 0 atom stereocenters. The van der Waals surface area contributed by atoms with Gasteiger partial charge in [0.05, 0.1) is 0 Å². The van der Waals surface area contributed by atoms with Gasteiger partial charge < -0.3 is 0 Å². The average molecular weight is 735 g/mol. The SMILES string of the molecule is CCCC1=C(CCC)C2=NC3=NC(=NC4=NC(=NC5=NC(=NC1=N2)C(CCC)=C5CCC)C1=C4[N-][Se][N-]1)C(CCC)=C3CCC.[Zn+2]. The van der Waals surface area contributed by atoms with E-state index in [1.165, 1.54) is 11.1 Å². The van der Waals surface area contributed by atoms with Crippen LogP contribution in [0.5, 0.6) is 0 Å². The van der Waals surface area contributed by atoms with Crippen molar-refractivity contribution < 1.29 is 19.5 Å². The molecule has 0 saturated heterocycles. The molecule has 46 heavy (non-hydrogen) atoms. The molecule has 0 amide bonds. The van der Waals surface area contributed by atoms with E-state index >= 15 is 0 Å². The predicted octanol–water partition coefficient (Wildman–Crippen LogP) is 8.44. The van der Waals surface area contributed by atoms with Crippen LogP contribution in [0.1, 0.15) is 119 Å². The molecule has 10 nitrogen and oxygen atoms in total. The Morgan fingerprint density at radius 2 is 0.543 bits per heavy atom. The molecule has 6 aliphatic rings. The number of nitrogens with zero attached hydrogens (tertiary/aromatic N) is 10. The van der Waals surface area contributed by atoms with E-state index in [4.69, 9.17) is 48.6 Å². The van der Waals surface area contributed by atoms with Crippen LogP contribution in [0.25, 0.3) is 8.67 Å². The Morgan fingerprint density at radius 3 is 0.783 bits per heavy atom. The fourth-order valence-corrected chi connectivity index (χ4v) is 7.53. The Kier molecular flexibility index (Phi) is 11.4. The number of aliphatic imine (C=N–C) groups is 8. The third-order valence-corrected chi connectivity index (χ3v) is 9.43. The number of hydrogen-bond donors (Lipinski definition) is 0. The first-order valence-electron chi connectivity index (χ1n) is 16.8. The largest absolute Gasteiger partial charge is 2.00 e. The summed E-state index contributed by atoms with van der Waals surface area (Å²) < 4.78 is 9.44. The summed E-state index contributed by atoms with van der Waals surface area (Å²) in [7, 11) is 0. The van der Waals surface area contributed by atoms with Crippen molar-refractivity contribution in [1.29, 1.82) is 0 Å².